The van der Waals surface area contributed by atoms with Gasteiger partial charge in [0.2, 0.25) is 0 Å². The zero-order valence-corrected chi connectivity index (χ0v) is 11.4. The molecule has 6 nitrogen and oxygen atoms in total. The fraction of sp³-hybridized carbons (Fsp3) is 0.364. The molecule has 0 saturated carbocycles. The first-order valence-corrected chi connectivity index (χ1v) is 6.39. The third kappa shape index (κ3) is 3.07. The predicted molar refractivity (Wildman–Crippen MR) is 75.2 cm³/mol. The van der Waals surface area contributed by atoms with Crippen molar-refractivity contribution in [1.82, 2.24) is 15.0 Å². The van der Waals surface area contributed by atoms with Crippen LogP contribution < -0.4 is 16.4 Å². The van der Waals surface area contributed by atoms with Crippen molar-refractivity contribution in [3.63, 3.8) is 0 Å². The number of nitrogens with one attached hydrogen (secondary N) is 2. The van der Waals surface area contributed by atoms with Crippen molar-refractivity contribution in [3.05, 3.63) is 17.9 Å². The van der Waals surface area contributed by atoms with E-state index in [9.17, 15) is 0 Å². The number of nitrogens with two attached hydrogens (primary N) is 1. The Bertz CT molecular complexity index is 517. The van der Waals surface area contributed by atoms with Gasteiger partial charge in [0.05, 0.1) is 0 Å². The molecule has 2 aromatic heterocycles. The summed E-state index contributed by atoms with van der Waals surface area (Å²) < 4.78 is 0. The van der Waals surface area contributed by atoms with E-state index in [0.717, 1.165) is 5.13 Å². The molecular formula is C11H16N6S. The zero-order chi connectivity index (χ0) is 13.2. The van der Waals surface area contributed by atoms with Gasteiger partial charge in [-0.2, -0.15) is 0 Å². The minimum absolute atomic E-state index is 0.110. The van der Waals surface area contributed by atoms with Crippen molar-refractivity contribution in [1.29, 1.82) is 0 Å². The molecule has 0 aliphatic heterocycles. The molecule has 0 saturated heterocycles. The minimum Gasteiger partial charge on any atom is -0.393 e. The second-order valence-corrected chi connectivity index (χ2v) is 5.72. The summed E-state index contributed by atoms with van der Waals surface area (Å²) in [7, 11) is 0. The van der Waals surface area contributed by atoms with Gasteiger partial charge in [0.1, 0.15) is 12.0 Å². The Labute approximate surface area is 110 Å². The van der Waals surface area contributed by atoms with Crippen molar-refractivity contribution in [3.8, 4) is 0 Å². The normalized spacial score (nSPS) is 11.3. The zero-order valence-electron chi connectivity index (χ0n) is 10.6. The number of hydrogen-bond donors (Lipinski definition) is 3. The Morgan fingerprint density at radius 1 is 1.17 bits per heavy atom. The molecule has 18 heavy (non-hydrogen) atoms. The van der Waals surface area contributed by atoms with Crippen LogP contribution in [0.4, 0.5) is 22.5 Å². The molecule has 0 fully saturated rings. The van der Waals surface area contributed by atoms with Gasteiger partial charge in [0, 0.05) is 17.1 Å². The van der Waals surface area contributed by atoms with Crippen LogP contribution in [0.2, 0.25) is 0 Å². The summed E-state index contributed by atoms with van der Waals surface area (Å²) >= 11 is 1.49. The molecule has 0 aliphatic carbocycles. The van der Waals surface area contributed by atoms with E-state index >= 15 is 0 Å². The second-order valence-electron chi connectivity index (χ2n) is 4.82. The van der Waals surface area contributed by atoms with Gasteiger partial charge in [-0.3, -0.25) is 0 Å². The highest BCUT2D eigenvalue weighted by atomic mass is 32.1. The SMILES string of the molecule is CC(C)(C)Nc1ncnc(Nc2nccs2)c1N. The maximum Gasteiger partial charge on any atom is 0.188 e. The predicted octanol–water partition coefficient (Wildman–Crippen LogP) is 2.47. The van der Waals surface area contributed by atoms with E-state index in [1.807, 2.05) is 26.2 Å². The van der Waals surface area contributed by atoms with E-state index in [-0.39, 0.29) is 5.54 Å². The van der Waals surface area contributed by atoms with E-state index in [0.29, 0.717) is 17.3 Å². The van der Waals surface area contributed by atoms with E-state index < -0.39 is 0 Å². The van der Waals surface area contributed by atoms with Gasteiger partial charge in [-0.1, -0.05) is 0 Å². The molecular weight excluding hydrogens is 248 g/mol. The van der Waals surface area contributed by atoms with Gasteiger partial charge in [-0.05, 0) is 20.8 Å². The minimum atomic E-state index is -0.110. The Balaban J connectivity index is 2.24. The first-order valence-electron chi connectivity index (χ1n) is 5.51. The Kier molecular flexibility index (Phi) is 3.33. The van der Waals surface area contributed by atoms with Crippen LogP contribution in [0.1, 0.15) is 20.8 Å². The highest BCUT2D eigenvalue weighted by molar-refractivity contribution is 7.13. The number of thiazole rings is 1. The highest BCUT2D eigenvalue weighted by Crippen LogP contribution is 2.27. The van der Waals surface area contributed by atoms with Crippen LogP contribution in [0, 0.1) is 0 Å². The molecule has 0 spiro atoms. The smallest absolute Gasteiger partial charge is 0.188 e. The van der Waals surface area contributed by atoms with Crippen molar-refractivity contribution in [2.45, 2.75) is 26.3 Å². The van der Waals surface area contributed by atoms with Gasteiger partial charge in [-0.15, -0.1) is 11.3 Å². The fourth-order valence-corrected chi connectivity index (χ4v) is 1.86. The standard InChI is InChI=1S/C11H16N6S/c1-11(2,3)17-9-7(12)8(14-6-15-9)16-10-13-4-5-18-10/h4-6H,12H2,1-3H3,(H2,13,14,15,16,17). The van der Waals surface area contributed by atoms with Crippen molar-refractivity contribution < 1.29 is 0 Å². The molecule has 0 unspecified atom stereocenters. The molecule has 7 heteroatoms. The fourth-order valence-electron chi connectivity index (χ4n) is 1.34. The van der Waals surface area contributed by atoms with Gasteiger partial charge in [0.25, 0.3) is 0 Å². The van der Waals surface area contributed by atoms with Gasteiger partial charge in [-0.25, -0.2) is 15.0 Å². The first-order chi connectivity index (χ1) is 8.46. The Hall–Kier alpha value is -1.89. The van der Waals surface area contributed by atoms with Gasteiger partial charge < -0.3 is 16.4 Å². The lowest BCUT2D eigenvalue weighted by Crippen LogP contribution is -2.27. The molecule has 0 atom stereocenters. The second kappa shape index (κ2) is 4.77. The quantitative estimate of drug-likeness (QED) is 0.789. The van der Waals surface area contributed by atoms with Crippen molar-refractivity contribution in [2.75, 3.05) is 16.4 Å². The average molecular weight is 264 g/mol. The summed E-state index contributed by atoms with van der Waals surface area (Å²) in [4.78, 5) is 12.4. The summed E-state index contributed by atoms with van der Waals surface area (Å²) in [5, 5.41) is 8.94. The van der Waals surface area contributed by atoms with Crippen molar-refractivity contribution >= 4 is 33.8 Å². The molecule has 0 aliphatic rings. The molecule has 0 bridgehead atoms. The summed E-state index contributed by atoms with van der Waals surface area (Å²) in [6.07, 6.45) is 3.19. The number of nitrogen functional groups attached to an aromatic ring is 1. The first kappa shape index (κ1) is 12.6. The monoisotopic (exact) mass is 264 g/mol. The molecule has 0 aromatic carbocycles. The molecule has 96 valence electrons. The number of aromatic nitrogens is 3. The largest absolute Gasteiger partial charge is 0.393 e. The Morgan fingerprint density at radius 3 is 2.50 bits per heavy atom. The number of hydrogen-bond acceptors (Lipinski definition) is 7. The summed E-state index contributed by atoms with van der Waals surface area (Å²) in [5.41, 5.74) is 6.41. The van der Waals surface area contributed by atoms with Crippen LogP contribution in [0.15, 0.2) is 17.9 Å². The average Bonchev–Trinajstić information content (AvgIpc) is 2.75. The van der Waals surface area contributed by atoms with Gasteiger partial charge >= 0.3 is 0 Å². The van der Waals surface area contributed by atoms with Gasteiger partial charge in [0.15, 0.2) is 16.8 Å². The van der Waals surface area contributed by atoms with Crippen molar-refractivity contribution in [2.24, 2.45) is 0 Å². The van der Waals surface area contributed by atoms with Crippen LogP contribution in [-0.4, -0.2) is 20.5 Å². The number of anilines is 4. The van der Waals surface area contributed by atoms with Crippen LogP contribution in [0.25, 0.3) is 0 Å². The van der Waals surface area contributed by atoms with Crippen LogP contribution in [0.5, 0.6) is 0 Å². The summed E-state index contributed by atoms with van der Waals surface area (Å²) in [6.45, 7) is 6.13. The molecule has 0 radical (unpaired) electrons. The van der Waals surface area contributed by atoms with E-state index in [1.165, 1.54) is 17.7 Å². The lowest BCUT2D eigenvalue weighted by atomic mass is 10.1. The topological polar surface area (TPSA) is 88.8 Å². The van der Waals surface area contributed by atoms with Crippen LogP contribution in [0.3, 0.4) is 0 Å². The lowest BCUT2D eigenvalue weighted by Gasteiger charge is -2.22. The number of rotatable bonds is 3. The van der Waals surface area contributed by atoms with Crippen LogP contribution in [-0.2, 0) is 0 Å². The third-order valence-corrected chi connectivity index (χ3v) is 2.72. The Morgan fingerprint density at radius 2 is 1.89 bits per heavy atom. The lowest BCUT2D eigenvalue weighted by molar-refractivity contribution is 0.630. The molecule has 2 aromatic rings. The number of nitrogens with zero attached hydrogens (tertiary/aromatic N) is 3. The maximum absolute atomic E-state index is 6.03. The highest BCUT2D eigenvalue weighted by Gasteiger charge is 2.15. The summed E-state index contributed by atoms with van der Waals surface area (Å²) in [6, 6.07) is 0. The third-order valence-electron chi connectivity index (χ3n) is 2.03. The maximum atomic E-state index is 6.03. The molecule has 0 amide bonds. The van der Waals surface area contributed by atoms with E-state index in [1.54, 1.807) is 6.20 Å². The molecule has 4 N–H and O–H groups in total. The molecule has 2 rings (SSSR count). The van der Waals surface area contributed by atoms with Crippen LogP contribution >= 0.6 is 11.3 Å². The summed E-state index contributed by atoms with van der Waals surface area (Å²) in [5.74, 6) is 1.18. The van der Waals surface area contributed by atoms with E-state index in [4.69, 9.17) is 5.73 Å². The molecule has 2 heterocycles. The van der Waals surface area contributed by atoms with E-state index in [2.05, 4.69) is 25.6 Å².